The van der Waals surface area contributed by atoms with Crippen LogP contribution in [0.25, 0.3) is 0 Å². The third-order valence-corrected chi connectivity index (χ3v) is 3.82. The summed E-state index contributed by atoms with van der Waals surface area (Å²) in [7, 11) is -3.27. The normalized spacial score (nSPS) is 20.8. The summed E-state index contributed by atoms with van der Waals surface area (Å²) in [6.45, 7) is 2.19. The van der Waals surface area contributed by atoms with E-state index in [4.69, 9.17) is 5.14 Å². The molecule has 1 saturated heterocycles. The molecule has 1 rings (SSSR count). The van der Waals surface area contributed by atoms with Crippen LogP contribution in [0.3, 0.4) is 0 Å². The SMILES string of the molecule is CSCCN1CC(S(N)(=O)=O)C1. The second-order valence-corrected chi connectivity index (χ2v) is 5.79. The van der Waals surface area contributed by atoms with Crippen molar-refractivity contribution in [1.29, 1.82) is 0 Å². The van der Waals surface area contributed by atoms with Crippen molar-refractivity contribution in [3.05, 3.63) is 0 Å². The van der Waals surface area contributed by atoms with E-state index in [1.54, 1.807) is 11.8 Å². The van der Waals surface area contributed by atoms with E-state index in [0.29, 0.717) is 13.1 Å². The van der Waals surface area contributed by atoms with Crippen LogP contribution in [0.5, 0.6) is 0 Å². The van der Waals surface area contributed by atoms with Crippen LogP contribution in [0.1, 0.15) is 0 Å². The molecule has 6 heteroatoms. The van der Waals surface area contributed by atoms with Crippen LogP contribution in [0.2, 0.25) is 0 Å². The van der Waals surface area contributed by atoms with Crippen molar-refractivity contribution < 1.29 is 8.42 Å². The third kappa shape index (κ3) is 2.62. The molecule has 12 heavy (non-hydrogen) atoms. The predicted molar refractivity (Wildman–Crippen MR) is 51.7 cm³/mol. The molecule has 72 valence electrons. The number of nitrogens with two attached hydrogens (primary N) is 1. The highest BCUT2D eigenvalue weighted by atomic mass is 32.2. The number of hydrogen-bond donors (Lipinski definition) is 1. The van der Waals surface area contributed by atoms with Crippen molar-refractivity contribution in [3.8, 4) is 0 Å². The van der Waals surface area contributed by atoms with Crippen molar-refractivity contribution in [2.45, 2.75) is 5.25 Å². The number of nitrogens with zero attached hydrogens (tertiary/aromatic N) is 1. The predicted octanol–water partition coefficient (Wildman–Crippen LogP) is -0.678. The molecule has 0 atom stereocenters. The van der Waals surface area contributed by atoms with Gasteiger partial charge in [-0.05, 0) is 6.26 Å². The van der Waals surface area contributed by atoms with E-state index in [9.17, 15) is 8.42 Å². The van der Waals surface area contributed by atoms with E-state index >= 15 is 0 Å². The van der Waals surface area contributed by atoms with E-state index in [2.05, 4.69) is 4.90 Å². The standard InChI is InChI=1S/C6H14N2O2S2/c1-11-3-2-8-4-6(5-8)12(7,9)10/h6H,2-5H2,1H3,(H2,7,9,10). The van der Waals surface area contributed by atoms with E-state index in [0.717, 1.165) is 12.3 Å². The monoisotopic (exact) mass is 210 g/mol. The molecule has 1 fully saturated rings. The average Bonchev–Trinajstić information content (AvgIpc) is 1.81. The first-order valence-electron chi connectivity index (χ1n) is 3.77. The van der Waals surface area contributed by atoms with Gasteiger partial charge in [0.15, 0.2) is 0 Å². The fraction of sp³-hybridized carbons (Fsp3) is 1.00. The molecule has 2 N–H and O–H groups in total. The number of primary sulfonamides is 1. The Hall–Kier alpha value is 0.220. The average molecular weight is 210 g/mol. The zero-order chi connectivity index (χ0) is 9.19. The first-order chi connectivity index (χ1) is 5.54. The lowest BCUT2D eigenvalue weighted by Gasteiger charge is -2.37. The van der Waals surface area contributed by atoms with E-state index < -0.39 is 10.0 Å². The second kappa shape index (κ2) is 3.95. The number of thioether (sulfide) groups is 1. The van der Waals surface area contributed by atoms with Gasteiger partial charge in [-0.15, -0.1) is 0 Å². The molecular weight excluding hydrogens is 196 g/mol. The van der Waals surface area contributed by atoms with Crippen LogP contribution >= 0.6 is 11.8 Å². The van der Waals surface area contributed by atoms with Crippen molar-refractivity contribution in [3.63, 3.8) is 0 Å². The molecule has 0 spiro atoms. The maximum atomic E-state index is 10.8. The van der Waals surface area contributed by atoms with Gasteiger partial charge in [-0.1, -0.05) is 0 Å². The Labute approximate surface area is 77.5 Å². The van der Waals surface area contributed by atoms with Crippen molar-refractivity contribution in [2.24, 2.45) is 5.14 Å². The Bertz CT molecular complexity index is 234. The lowest BCUT2D eigenvalue weighted by molar-refractivity contribution is 0.197. The van der Waals surface area contributed by atoms with Gasteiger partial charge in [-0.3, -0.25) is 4.90 Å². The highest BCUT2D eigenvalue weighted by molar-refractivity contribution is 7.98. The van der Waals surface area contributed by atoms with E-state index in [1.165, 1.54) is 0 Å². The smallest absolute Gasteiger partial charge is 0.214 e. The molecule has 0 bridgehead atoms. The van der Waals surface area contributed by atoms with Gasteiger partial charge in [-0.2, -0.15) is 11.8 Å². The summed E-state index contributed by atoms with van der Waals surface area (Å²) in [6.07, 6.45) is 2.04. The fourth-order valence-electron chi connectivity index (χ4n) is 1.13. The highest BCUT2D eigenvalue weighted by Crippen LogP contribution is 2.13. The van der Waals surface area contributed by atoms with Gasteiger partial charge < -0.3 is 0 Å². The molecule has 0 aromatic carbocycles. The van der Waals surface area contributed by atoms with Gasteiger partial charge in [0.1, 0.15) is 5.25 Å². The highest BCUT2D eigenvalue weighted by Gasteiger charge is 2.34. The molecule has 0 unspecified atom stereocenters. The van der Waals surface area contributed by atoms with E-state index in [1.807, 2.05) is 6.26 Å². The Morgan fingerprint density at radius 1 is 1.58 bits per heavy atom. The summed E-state index contributed by atoms with van der Waals surface area (Å²) in [5, 5.41) is 4.65. The Morgan fingerprint density at radius 3 is 2.58 bits per heavy atom. The van der Waals surface area contributed by atoms with Crippen LogP contribution in [0, 0.1) is 0 Å². The van der Waals surface area contributed by atoms with Crippen LogP contribution in [-0.2, 0) is 10.0 Å². The molecule has 4 nitrogen and oxygen atoms in total. The summed E-state index contributed by atoms with van der Waals surface area (Å²) >= 11 is 1.77. The van der Waals surface area contributed by atoms with E-state index in [-0.39, 0.29) is 5.25 Å². The van der Waals surface area contributed by atoms with Gasteiger partial charge in [0.25, 0.3) is 0 Å². The molecule has 1 aliphatic heterocycles. The second-order valence-electron chi connectivity index (χ2n) is 2.96. The zero-order valence-corrected chi connectivity index (χ0v) is 8.70. The minimum atomic E-state index is -3.27. The summed E-state index contributed by atoms with van der Waals surface area (Å²) in [4.78, 5) is 2.10. The minimum Gasteiger partial charge on any atom is -0.300 e. The Kier molecular flexibility index (Phi) is 3.39. The Morgan fingerprint density at radius 2 is 2.17 bits per heavy atom. The van der Waals surface area contributed by atoms with Crippen molar-refractivity contribution in [2.75, 3.05) is 31.6 Å². The quantitative estimate of drug-likeness (QED) is 0.668. The largest absolute Gasteiger partial charge is 0.300 e. The summed E-state index contributed by atoms with van der Waals surface area (Å²) < 4.78 is 21.6. The maximum absolute atomic E-state index is 10.8. The van der Waals surface area contributed by atoms with Crippen LogP contribution in [0.4, 0.5) is 0 Å². The number of rotatable bonds is 4. The van der Waals surface area contributed by atoms with Crippen LogP contribution < -0.4 is 5.14 Å². The number of hydrogen-bond acceptors (Lipinski definition) is 4. The molecule has 0 radical (unpaired) electrons. The fourth-order valence-corrected chi connectivity index (χ4v) is 2.41. The van der Waals surface area contributed by atoms with Crippen LogP contribution in [-0.4, -0.2) is 50.2 Å². The summed E-state index contributed by atoms with van der Waals surface area (Å²) in [5.74, 6) is 1.05. The van der Waals surface area contributed by atoms with Gasteiger partial charge in [0.2, 0.25) is 10.0 Å². The van der Waals surface area contributed by atoms with Crippen molar-refractivity contribution >= 4 is 21.8 Å². The van der Waals surface area contributed by atoms with Crippen molar-refractivity contribution in [1.82, 2.24) is 4.90 Å². The lowest BCUT2D eigenvalue weighted by Crippen LogP contribution is -2.56. The number of sulfonamides is 1. The molecule has 0 aromatic rings. The number of likely N-dealkylation sites (tertiary alicyclic amines) is 1. The molecular formula is C6H14N2O2S2. The molecule has 0 saturated carbocycles. The molecule has 1 aliphatic rings. The molecule has 0 aromatic heterocycles. The third-order valence-electron chi connectivity index (χ3n) is 2.00. The topological polar surface area (TPSA) is 63.4 Å². The van der Waals surface area contributed by atoms with Gasteiger partial charge in [0, 0.05) is 25.4 Å². The zero-order valence-electron chi connectivity index (χ0n) is 7.06. The van der Waals surface area contributed by atoms with Gasteiger partial charge in [-0.25, -0.2) is 13.6 Å². The van der Waals surface area contributed by atoms with Gasteiger partial charge in [0.05, 0.1) is 0 Å². The first kappa shape index (κ1) is 10.3. The maximum Gasteiger partial charge on any atom is 0.214 e. The minimum absolute atomic E-state index is 0.320. The van der Waals surface area contributed by atoms with Crippen LogP contribution in [0.15, 0.2) is 0 Å². The molecule has 1 heterocycles. The summed E-state index contributed by atoms with van der Waals surface area (Å²) in [5.41, 5.74) is 0. The lowest BCUT2D eigenvalue weighted by atomic mass is 10.2. The molecule has 0 aliphatic carbocycles. The summed E-state index contributed by atoms with van der Waals surface area (Å²) in [6, 6.07) is 0. The Balaban J connectivity index is 2.20. The molecule has 0 amide bonds. The first-order valence-corrected chi connectivity index (χ1v) is 6.77. The van der Waals surface area contributed by atoms with Gasteiger partial charge >= 0.3 is 0 Å².